The molecule has 19 heavy (non-hydrogen) atoms. The molecule has 0 fully saturated rings. The molecule has 0 saturated carbocycles. The van der Waals surface area contributed by atoms with Crippen LogP contribution in [0.4, 0.5) is 5.69 Å². The number of hydrogen-bond acceptors (Lipinski definition) is 2. The maximum atomic E-state index is 9.62. The summed E-state index contributed by atoms with van der Waals surface area (Å²) < 4.78 is 1.05. The quantitative estimate of drug-likeness (QED) is 0.884. The van der Waals surface area contributed by atoms with Gasteiger partial charge in [0.25, 0.3) is 0 Å². The molecule has 2 rings (SSSR count). The Hall–Kier alpha value is -1.32. The van der Waals surface area contributed by atoms with Gasteiger partial charge in [0, 0.05) is 10.2 Å². The van der Waals surface area contributed by atoms with E-state index in [1.54, 1.807) is 0 Å². The average Bonchev–Trinajstić information content (AvgIpc) is 2.39. The molecule has 0 spiro atoms. The fraction of sp³-hybridized carbons (Fsp3) is 0.250. The molecule has 2 N–H and O–H groups in total. The number of aliphatic hydroxyl groups is 1. The van der Waals surface area contributed by atoms with Gasteiger partial charge < -0.3 is 10.4 Å². The van der Waals surface area contributed by atoms with Crippen LogP contribution in [-0.4, -0.2) is 11.7 Å². The minimum Gasteiger partial charge on any atom is -0.394 e. The van der Waals surface area contributed by atoms with Crippen LogP contribution in [0.5, 0.6) is 0 Å². The van der Waals surface area contributed by atoms with E-state index in [0.717, 1.165) is 15.7 Å². The molecule has 0 aromatic heterocycles. The minimum atomic E-state index is -0.0817. The van der Waals surface area contributed by atoms with Crippen LogP contribution in [0.15, 0.2) is 46.9 Å². The molecule has 0 radical (unpaired) electrons. The third kappa shape index (κ3) is 3.58. The Bertz CT molecular complexity index is 551. The molecule has 1 atom stereocenters. The van der Waals surface area contributed by atoms with E-state index in [9.17, 15) is 5.11 Å². The van der Waals surface area contributed by atoms with Gasteiger partial charge in [-0.1, -0.05) is 39.7 Å². The van der Waals surface area contributed by atoms with Crippen LogP contribution < -0.4 is 5.32 Å². The van der Waals surface area contributed by atoms with Crippen LogP contribution in [0.1, 0.15) is 22.7 Å². The van der Waals surface area contributed by atoms with E-state index in [1.807, 2.05) is 24.3 Å². The van der Waals surface area contributed by atoms with Crippen LogP contribution in [0.2, 0.25) is 0 Å². The average molecular weight is 320 g/mol. The fourth-order valence-electron chi connectivity index (χ4n) is 2.19. The van der Waals surface area contributed by atoms with Gasteiger partial charge in [-0.2, -0.15) is 0 Å². The van der Waals surface area contributed by atoms with Gasteiger partial charge in [0.2, 0.25) is 0 Å². The third-order valence-electron chi connectivity index (χ3n) is 3.17. The van der Waals surface area contributed by atoms with Crippen molar-refractivity contribution in [3.63, 3.8) is 0 Å². The molecule has 0 aliphatic rings. The largest absolute Gasteiger partial charge is 0.394 e. The second-order valence-electron chi connectivity index (χ2n) is 4.75. The number of aliphatic hydroxyl groups excluding tert-OH is 1. The predicted molar refractivity (Wildman–Crippen MR) is 83.5 cm³/mol. The highest BCUT2D eigenvalue weighted by Gasteiger charge is 2.12. The highest BCUT2D eigenvalue weighted by Crippen LogP contribution is 2.24. The highest BCUT2D eigenvalue weighted by atomic mass is 79.9. The van der Waals surface area contributed by atoms with Crippen molar-refractivity contribution in [2.24, 2.45) is 0 Å². The molecule has 0 aliphatic carbocycles. The first-order valence-electron chi connectivity index (χ1n) is 6.30. The molecule has 0 aliphatic heterocycles. The molecular weight excluding hydrogens is 302 g/mol. The highest BCUT2D eigenvalue weighted by molar-refractivity contribution is 9.10. The van der Waals surface area contributed by atoms with E-state index in [-0.39, 0.29) is 12.6 Å². The number of aryl methyl sites for hydroxylation is 2. The van der Waals surface area contributed by atoms with E-state index in [0.29, 0.717) is 0 Å². The number of halogens is 1. The molecule has 0 saturated heterocycles. The normalized spacial score (nSPS) is 12.2. The Balaban J connectivity index is 2.22. The predicted octanol–water partition coefficient (Wildman–Crippen LogP) is 4.21. The van der Waals surface area contributed by atoms with E-state index in [2.05, 4.69) is 53.3 Å². The summed E-state index contributed by atoms with van der Waals surface area (Å²) >= 11 is 3.42. The summed E-state index contributed by atoms with van der Waals surface area (Å²) in [5.74, 6) is 0. The van der Waals surface area contributed by atoms with Gasteiger partial charge in [0.15, 0.2) is 0 Å². The van der Waals surface area contributed by atoms with E-state index < -0.39 is 0 Å². The summed E-state index contributed by atoms with van der Waals surface area (Å²) in [4.78, 5) is 0. The van der Waals surface area contributed by atoms with Gasteiger partial charge in [-0.15, -0.1) is 0 Å². The second kappa shape index (κ2) is 6.22. The molecule has 2 aromatic rings. The lowest BCUT2D eigenvalue weighted by atomic mass is 9.99. The lowest BCUT2D eigenvalue weighted by molar-refractivity contribution is 0.276. The maximum absolute atomic E-state index is 9.62. The van der Waals surface area contributed by atoms with Crippen LogP contribution in [0.3, 0.4) is 0 Å². The van der Waals surface area contributed by atoms with Crippen molar-refractivity contribution >= 4 is 21.6 Å². The number of hydrogen-bond donors (Lipinski definition) is 2. The summed E-state index contributed by atoms with van der Waals surface area (Å²) in [6.07, 6.45) is 0. The zero-order chi connectivity index (χ0) is 13.8. The van der Waals surface area contributed by atoms with E-state index >= 15 is 0 Å². The van der Waals surface area contributed by atoms with Crippen LogP contribution in [0.25, 0.3) is 0 Å². The number of anilines is 1. The van der Waals surface area contributed by atoms with Gasteiger partial charge in [-0.3, -0.25) is 0 Å². The van der Waals surface area contributed by atoms with E-state index in [4.69, 9.17) is 0 Å². The molecule has 3 heteroatoms. The molecule has 1 unspecified atom stereocenters. The summed E-state index contributed by atoms with van der Waals surface area (Å²) in [6.45, 7) is 4.22. The first kappa shape index (κ1) is 14.1. The second-order valence-corrected chi connectivity index (χ2v) is 5.66. The van der Waals surface area contributed by atoms with Crippen molar-refractivity contribution in [1.29, 1.82) is 0 Å². The fourth-order valence-corrected chi connectivity index (χ4v) is 2.45. The van der Waals surface area contributed by atoms with Crippen molar-refractivity contribution < 1.29 is 5.11 Å². The van der Waals surface area contributed by atoms with Crippen LogP contribution in [-0.2, 0) is 0 Å². The Morgan fingerprint density at radius 2 is 1.79 bits per heavy atom. The standard InChI is InChI=1S/C16H18BrNO/c1-11-3-8-15(12(2)9-11)16(10-19)18-14-6-4-13(17)5-7-14/h3-9,16,18-19H,10H2,1-2H3. The molecule has 2 aromatic carbocycles. The topological polar surface area (TPSA) is 32.3 Å². The van der Waals surface area contributed by atoms with Crippen molar-refractivity contribution in [3.8, 4) is 0 Å². The number of rotatable bonds is 4. The van der Waals surface area contributed by atoms with Crippen molar-refractivity contribution in [2.75, 3.05) is 11.9 Å². The van der Waals surface area contributed by atoms with Gasteiger partial charge in [-0.25, -0.2) is 0 Å². The molecule has 2 nitrogen and oxygen atoms in total. The Morgan fingerprint density at radius 1 is 1.11 bits per heavy atom. The van der Waals surface area contributed by atoms with Crippen molar-refractivity contribution in [1.82, 2.24) is 0 Å². The molecular formula is C16H18BrNO. The minimum absolute atomic E-state index is 0.0694. The lowest BCUT2D eigenvalue weighted by Crippen LogP contribution is -2.16. The molecule has 0 heterocycles. The Morgan fingerprint density at radius 3 is 2.37 bits per heavy atom. The summed E-state index contributed by atoms with van der Waals surface area (Å²) in [7, 11) is 0. The first-order valence-corrected chi connectivity index (χ1v) is 7.09. The van der Waals surface area contributed by atoms with E-state index in [1.165, 1.54) is 11.1 Å². The maximum Gasteiger partial charge on any atom is 0.0747 e. The third-order valence-corrected chi connectivity index (χ3v) is 3.70. The summed E-state index contributed by atoms with van der Waals surface area (Å²) in [6, 6.07) is 14.2. The lowest BCUT2D eigenvalue weighted by Gasteiger charge is -2.20. The summed E-state index contributed by atoms with van der Waals surface area (Å²) in [5.41, 5.74) is 4.57. The van der Waals surface area contributed by atoms with Gasteiger partial charge in [-0.05, 0) is 49.2 Å². The zero-order valence-electron chi connectivity index (χ0n) is 11.2. The first-order chi connectivity index (χ1) is 9.10. The Labute approximate surface area is 122 Å². The van der Waals surface area contributed by atoms with Crippen molar-refractivity contribution in [3.05, 3.63) is 63.6 Å². The zero-order valence-corrected chi connectivity index (χ0v) is 12.7. The molecule has 0 bridgehead atoms. The molecule has 100 valence electrons. The number of nitrogens with one attached hydrogen (secondary N) is 1. The monoisotopic (exact) mass is 319 g/mol. The number of benzene rings is 2. The molecule has 0 amide bonds. The van der Waals surface area contributed by atoms with Crippen molar-refractivity contribution in [2.45, 2.75) is 19.9 Å². The summed E-state index contributed by atoms with van der Waals surface area (Å²) in [5, 5.41) is 13.0. The smallest absolute Gasteiger partial charge is 0.0747 e. The van der Waals surface area contributed by atoms with Crippen LogP contribution >= 0.6 is 15.9 Å². The Kier molecular flexibility index (Phi) is 4.61. The SMILES string of the molecule is Cc1ccc(C(CO)Nc2ccc(Br)cc2)c(C)c1. The van der Waals surface area contributed by atoms with Gasteiger partial charge in [0.1, 0.15) is 0 Å². The van der Waals surface area contributed by atoms with Gasteiger partial charge in [0.05, 0.1) is 12.6 Å². The van der Waals surface area contributed by atoms with Gasteiger partial charge >= 0.3 is 0 Å². The van der Waals surface area contributed by atoms with Crippen LogP contribution in [0, 0.1) is 13.8 Å².